The number of aliphatic hydroxyl groups is 1. The summed E-state index contributed by atoms with van der Waals surface area (Å²) in [6.45, 7) is 5.29. The zero-order valence-corrected chi connectivity index (χ0v) is 14.4. The smallest absolute Gasteiger partial charge is 0.353 e. The molecule has 0 aliphatic carbocycles. The summed E-state index contributed by atoms with van der Waals surface area (Å²) in [5.74, 6) is 0.817. The minimum absolute atomic E-state index is 0.127. The van der Waals surface area contributed by atoms with Crippen LogP contribution >= 0.6 is 7.60 Å². The van der Waals surface area contributed by atoms with E-state index in [0.29, 0.717) is 5.56 Å². The van der Waals surface area contributed by atoms with Gasteiger partial charge in [0.2, 0.25) is 0 Å². The number of hydrogen-bond donors (Lipinski definition) is 2. The fourth-order valence-electron chi connectivity index (χ4n) is 1.90. The van der Waals surface area contributed by atoms with Crippen LogP contribution in [0.3, 0.4) is 0 Å². The van der Waals surface area contributed by atoms with Crippen LogP contribution in [0.5, 0.6) is 0 Å². The molecule has 1 heterocycles. The van der Waals surface area contributed by atoms with E-state index >= 15 is 0 Å². The molecule has 0 aliphatic rings. The van der Waals surface area contributed by atoms with E-state index in [2.05, 4.69) is 4.98 Å². The maximum Gasteiger partial charge on any atom is 0.353 e. The van der Waals surface area contributed by atoms with Gasteiger partial charge in [0.1, 0.15) is 0 Å². The summed E-state index contributed by atoms with van der Waals surface area (Å²) < 4.78 is 23.9. The van der Waals surface area contributed by atoms with Gasteiger partial charge >= 0.3 is 13.3 Å². The molecule has 0 aromatic carbocycles. The van der Waals surface area contributed by atoms with Gasteiger partial charge in [0.15, 0.2) is 0 Å². The number of hydrogen-bond acceptors (Lipinski definition) is 6. The average molecular weight is 346 g/mol. The second-order valence-electron chi connectivity index (χ2n) is 4.88. The lowest BCUT2D eigenvalue weighted by Gasteiger charge is -2.15. The van der Waals surface area contributed by atoms with E-state index in [1.807, 2.05) is 0 Å². The molecule has 1 rings (SSSR count). The molecule has 1 unspecified atom stereocenters. The zero-order valence-electron chi connectivity index (χ0n) is 13.5. The number of aromatic amines is 1. The van der Waals surface area contributed by atoms with E-state index in [1.165, 1.54) is 22.7 Å². The standard InChI is InChI=1S/C14H23N2O6P/c1-4-21-23(20,22-5-2)7-6-12(10-17)9-16-8-11(3)13(18)15-14(16)19/h6-8,12,17H,4-5,9-10H2,1-3H3,(H,15,18,19). The largest absolute Gasteiger partial charge is 0.396 e. The normalized spacial score (nSPS) is 13.6. The molecular formula is C14H23N2O6P. The Morgan fingerprint density at radius 2 is 1.96 bits per heavy atom. The monoisotopic (exact) mass is 346 g/mol. The average Bonchev–Trinajstić information content (AvgIpc) is 2.49. The minimum Gasteiger partial charge on any atom is -0.396 e. The van der Waals surface area contributed by atoms with Crippen LogP contribution in [0.1, 0.15) is 19.4 Å². The zero-order chi connectivity index (χ0) is 17.5. The van der Waals surface area contributed by atoms with Gasteiger partial charge in [-0.1, -0.05) is 6.08 Å². The molecule has 0 fully saturated rings. The molecule has 130 valence electrons. The van der Waals surface area contributed by atoms with Crippen LogP contribution in [0.4, 0.5) is 0 Å². The van der Waals surface area contributed by atoms with E-state index in [9.17, 15) is 19.3 Å². The highest BCUT2D eigenvalue weighted by Gasteiger charge is 2.20. The topological polar surface area (TPSA) is 111 Å². The summed E-state index contributed by atoms with van der Waals surface area (Å²) in [6, 6.07) is 0. The molecule has 0 radical (unpaired) electrons. The molecule has 2 N–H and O–H groups in total. The molecule has 0 aliphatic heterocycles. The predicted octanol–water partition coefficient (Wildman–Crippen LogP) is 1.23. The third kappa shape index (κ3) is 5.91. The van der Waals surface area contributed by atoms with E-state index in [-0.39, 0.29) is 26.4 Å². The number of aliphatic hydroxyl groups excluding tert-OH is 1. The van der Waals surface area contributed by atoms with Crippen molar-refractivity contribution in [3.63, 3.8) is 0 Å². The third-order valence-electron chi connectivity index (χ3n) is 3.01. The Balaban J connectivity index is 2.95. The molecule has 9 heteroatoms. The molecule has 23 heavy (non-hydrogen) atoms. The van der Waals surface area contributed by atoms with Crippen molar-refractivity contribution in [2.45, 2.75) is 27.3 Å². The Kier molecular flexibility index (Phi) is 7.64. The summed E-state index contributed by atoms with van der Waals surface area (Å²) in [7, 11) is -3.36. The van der Waals surface area contributed by atoms with E-state index in [1.54, 1.807) is 20.8 Å². The van der Waals surface area contributed by atoms with Gasteiger partial charge in [-0.2, -0.15) is 0 Å². The van der Waals surface area contributed by atoms with Crippen molar-refractivity contribution in [3.05, 3.63) is 44.5 Å². The van der Waals surface area contributed by atoms with Gasteiger partial charge in [0, 0.05) is 30.0 Å². The van der Waals surface area contributed by atoms with Crippen LogP contribution < -0.4 is 11.2 Å². The SMILES string of the molecule is CCOP(=O)(C=CC(CO)Cn1cc(C)c(=O)[nH]c1=O)OCC. The molecule has 8 nitrogen and oxygen atoms in total. The van der Waals surface area contributed by atoms with Crippen molar-refractivity contribution in [3.8, 4) is 0 Å². The second kappa shape index (κ2) is 8.98. The van der Waals surface area contributed by atoms with Crippen LogP contribution in [0.2, 0.25) is 0 Å². The summed E-state index contributed by atoms with van der Waals surface area (Å²) >= 11 is 0. The second-order valence-corrected chi connectivity index (χ2v) is 6.78. The van der Waals surface area contributed by atoms with Crippen molar-refractivity contribution >= 4 is 7.60 Å². The van der Waals surface area contributed by atoms with E-state index in [4.69, 9.17) is 9.05 Å². The summed E-state index contributed by atoms with van der Waals surface area (Å²) in [4.78, 5) is 25.3. The van der Waals surface area contributed by atoms with Gasteiger partial charge in [-0.05, 0) is 20.8 Å². The highest BCUT2D eigenvalue weighted by atomic mass is 31.2. The van der Waals surface area contributed by atoms with Crippen molar-refractivity contribution in [1.29, 1.82) is 0 Å². The Labute approximate surface area is 134 Å². The van der Waals surface area contributed by atoms with Crippen molar-refractivity contribution in [2.24, 2.45) is 5.92 Å². The number of H-pyrrole nitrogens is 1. The van der Waals surface area contributed by atoms with E-state index < -0.39 is 24.8 Å². The van der Waals surface area contributed by atoms with Crippen molar-refractivity contribution in [1.82, 2.24) is 9.55 Å². The fraction of sp³-hybridized carbons (Fsp3) is 0.571. The van der Waals surface area contributed by atoms with Gasteiger partial charge in [-0.3, -0.25) is 18.9 Å². The minimum atomic E-state index is -3.36. The first-order chi connectivity index (χ1) is 10.8. The summed E-state index contributed by atoms with van der Waals surface area (Å²) in [5, 5.41) is 9.45. The Hall–Kier alpha value is -1.47. The molecule has 0 bridgehead atoms. The number of nitrogens with one attached hydrogen (secondary N) is 1. The molecule has 0 spiro atoms. The fourth-order valence-corrected chi connectivity index (χ4v) is 3.32. The summed E-state index contributed by atoms with van der Waals surface area (Å²) in [5.41, 5.74) is -0.621. The Morgan fingerprint density at radius 1 is 1.35 bits per heavy atom. The third-order valence-corrected chi connectivity index (χ3v) is 4.79. The molecular weight excluding hydrogens is 323 g/mol. The van der Waals surface area contributed by atoms with E-state index in [0.717, 1.165) is 0 Å². The van der Waals surface area contributed by atoms with Crippen LogP contribution in [-0.4, -0.2) is 34.5 Å². The Morgan fingerprint density at radius 3 is 2.48 bits per heavy atom. The lowest BCUT2D eigenvalue weighted by Crippen LogP contribution is -2.32. The van der Waals surface area contributed by atoms with Crippen LogP contribution in [0.25, 0.3) is 0 Å². The predicted molar refractivity (Wildman–Crippen MR) is 86.6 cm³/mol. The number of rotatable bonds is 9. The summed E-state index contributed by atoms with van der Waals surface area (Å²) in [6.07, 6.45) is 2.92. The quantitative estimate of drug-likeness (QED) is 0.651. The lowest BCUT2D eigenvalue weighted by molar-refractivity contribution is 0.226. The number of nitrogens with zero attached hydrogens (tertiary/aromatic N) is 1. The number of aromatic nitrogens is 2. The first-order valence-corrected chi connectivity index (χ1v) is 8.95. The molecule has 1 aromatic heterocycles. The lowest BCUT2D eigenvalue weighted by atomic mass is 10.1. The van der Waals surface area contributed by atoms with Gasteiger partial charge in [0.25, 0.3) is 5.56 Å². The van der Waals surface area contributed by atoms with Gasteiger partial charge in [0.05, 0.1) is 19.8 Å². The maximum atomic E-state index is 12.3. The Bertz CT molecular complexity index is 683. The van der Waals surface area contributed by atoms with Crippen LogP contribution in [-0.2, 0) is 20.2 Å². The molecule has 0 amide bonds. The van der Waals surface area contributed by atoms with Crippen LogP contribution in [0.15, 0.2) is 27.7 Å². The highest BCUT2D eigenvalue weighted by Crippen LogP contribution is 2.49. The molecule has 1 atom stereocenters. The number of aryl methyl sites for hydroxylation is 1. The van der Waals surface area contributed by atoms with Crippen molar-refractivity contribution in [2.75, 3.05) is 19.8 Å². The molecule has 0 saturated carbocycles. The maximum absolute atomic E-state index is 12.3. The van der Waals surface area contributed by atoms with Gasteiger partial charge in [-0.15, -0.1) is 0 Å². The first kappa shape index (κ1) is 19.6. The molecule has 0 saturated heterocycles. The van der Waals surface area contributed by atoms with Crippen molar-refractivity contribution < 1.29 is 18.7 Å². The van der Waals surface area contributed by atoms with Gasteiger partial charge in [-0.25, -0.2) is 4.79 Å². The molecule has 1 aromatic rings. The van der Waals surface area contributed by atoms with Crippen LogP contribution in [0, 0.1) is 12.8 Å². The first-order valence-electron chi connectivity index (χ1n) is 7.34. The highest BCUT2D eigenvalue weighted by molar-refractivity contribution is 7.57. The van der Waals surface area contributed by atoms with Gasteiger partial charge < -0.3 is 14.2 Å².